The summed E-state index contributed by atoms with van der Waals surface area (Å²) >= 11 is 0. The molecule has 1 amide bonds. The Morgan fingerprint density at radius 3 is 2.78 bits per heavy atom. The van der Waals surface area contributed by atoms with Crippen molar-refractivity contribution in [3.8, 4) is 5.75 Å². The minimum absolute atomic E-state index is 0.136. The van der Waals surface area contributed by atoms with E-state index in [0.29, 0.717) is 23.2 Å². The largest absolute Gasteiger partial charge is 0.497 e. The summed E-state index contributed by atoms with van der Waals surface area (Å²) < 4.78 is 15.7. The molecule has 8 nitrogen and oxygen atoms in total. The van der Waals surface area contributed by atoms with Crippen LogP contribution in [0, 0.1) is 0 Å². The predicted molar refractivity (Wildman–Crippen MR) is 100 cm³/mol. The lowest BCUT2D eigenvalue weighted by atomic mass is 10.2. The highest BCUT2D eigenvalue weighted by Gasteiger charge is 2.22. The van der Waals surface area contributed by atoms with E-state index in [9.17, 15) is 9.59 Å². The molecule has 1 aromatic carbocycles. The summed E-state index contributed by atoms with van der Waals surface area (Å²) in [6.07, 6.45) is 0.369. The van der Waals surface area contributed by atoms with Crippen LogP contribution >= 0.6 is 0 Å². The molecule has 1 aliphatic heterocycles. The van der Waals surface area contributed by atoms with Gasteiger partial charge < -0.3 is 29.4 Å². The molecular weight excluding hydrogens is 350 g/mol. The molecule has 0 spiro atoms. The number of methoxy groups -OCH3 is 1. The third kappa shape index (κ3) is 4.58. The first-order chi connectivity index (χ1) is 13.1. The number of morpholine rings is 1. The number of aromatic nitrogens is 1. The zero-order valence-electron chi connectivity index (χ0n) is 15.7. The number of anilines is 1. The van der Waals surface area contributed by atoms with Gasteiger partial charge in [0.1, 0.15) is 24.5 Å². The van der Waals surface area contributed by atoms with Crippen molar-refractivity contribution in [1.29, 1.82) is 0 Å². The summed E-state index contributed by atoms with van der Waals surface area (Å²) in [5.74, 6) is 0.00944. The van der Waals surface area contributed by atoms with Gasteiger partial charge in [-0.2, -0.15) is 0 Å². The zero-order valence-corrected chi connectivity index (χ0v) is 15.7. The van der Waals surface area contributed by atoms with E-state index in [0.717, 1.165) is 38.4 Å². The Bertz CT molecular complexity index is 811. The molecule has 2 heterocycles. The van der Waals surface area contributed by atoms with Crippen LogP contribution in [0.1, 0.15) is 23.8 Å². The normalized spacial score (nSPS) is 14.9. The first-order valence-corrected chi connectivity index (χ1v) is 9.20. The molecule has 8 heteroatoms. The lowest BCUT2D eigenvalue weighted by Crippen LogP contribution is -3.14. The van der Waals surface area contributed by atoms with Crippen LogP contribution < -0.4 is 15.0 Å². The molecule has 0 radical (unpaired) electrons. The summed E-state index contributed by atoms with van der Waals surface area (Å²) in [7, 11) is 1.57. The summed E-state index contributed by atoms with van der Waals surface area (Å²) in [6, 6.07) is 5.39. The molecule has 1 aliphatic rings. The Hall–Kier alpha value is -2.58. The Morgan fingerprint density at radius 2 is 2.07 bits per heavy atom. The van der Waals surface area contributed by atoms with Crippen molar-refractivity contribution in [2.45, 2.75) is 13.3 Å². The van der Waals surface area contributed by atoms with Crippen molar-refractivity contribution >= 4 is 28.5 Å². The van der Waals surface area contributed by atoms with Crippen molar-refractivity contribution in [1.82, 2.24) is 4.98 Å². The number of carbonyl (C=O) groups is 2. The van der Waals surface area contributed by atoms with E-state index in [4.69, 9.17) is 14.2 Å². The van der Waals surface area contributed by atoms with Gasteiger partial charge in [-0.1, -0.05) is 0 Å². The molecule has 3 rings (SSSR count). The predicted octanol–water partition coefficient (Wildman–Crippen LogP) is 0.597. The number of fused-ring (bicyclic) bond motifs is 1. The number of esters is 1. The Morgan fingerprint density at radius 1 is 1.30 bits per heavy atom. The number of carbonyl (C=O) groups excluding carboxylic acids is 2. The molecule has 2 aromatic rings. The smallest absolute Gasteiger partial charge is 0.356 e. The zero-order chi connectivity index (χ0) is 19.2. The fourth-order valence-corrected chi connectivity index (χ4v) is 3.19. The van der Waals surface area contributed by atoms with E-state index in [1.807, 2.05) is 6.07 Å². The van der Waals surface area contributed by atoms with Crippen molar-refractivity contribution < 1.29 is 28.7 Å². The van der Waals surface area contributed by atoms with E-state index in [1.54, 1.807) is 26.2 Å². The van der Waals surface area contributed by atoms with E-state index in [2.05, 4.69) is 10.3 Å². The van der Waals surface area contributed by atoms with Gasteiger partial charge in [-0.3, -0.25) is 4.79 Å². The molecule has 1 fully saturated rings. The van der Waals surface area contributed by atoms with Gasteiger partial charge in [-0.15, -0.1) is 0 Å². The van der Waals surface area contributed by atoms with Gasteiger partial charge >= 0.3 is 5.97 Å². The maximum Gasteiger partial charge on any atom is 0.356 e. The van der Waals surface area contributed by atoms with E-state index < -0.39 is 5.97 Å². The Kier molecular flexibility index (Phi) is 6.31. The monoisotopic (exact) mass is 376 g/mol. The number of ether oxygens (including phenoxy) is 3. The highest BCUT2D eigenvalue weighted by molar-refractivity contribution is 6.11. The highest BCUT2D eigenvalue weighted by atomic mass is 16.5. The first-order valence-electron chi connectivity index (χ1n) is 9.20. The number of rotatable bonds is 7. The summed E-state index contributed by atoms with van der Waals surface area (Å²) in [5, 5.41) is 3.61. The van der Waals surface area contributed by atoms with Crippen LogP contribution in [0.4, 0.5) is 5.69 Å². The van der Waals surface area contributed by atoms with E-state index in [1.165, 1.54) is 4.90 Å². The lowest BCUT2D eigenvalue weighted by Gasteiger charge is -2.23. The van der Waals surface area contributed by atoms with Gasteiger partial charge in [-0.05, 0) is 25.1 Å². The van der Waals surface area contributed by atoms with Crippen molar-refractivity contribution in [2.75, 3.05) is 51.9 Å². The molecule has 1 aromatic heterocycles. The molecule has 27 heavy (non-hydrogen) atoms. The summed E-state index contributed by atoms with van der Waals surface area (Å²) in [5.41, 5.74) is 1.41. The molecule has 146 valence electrons. The average Bonchev–Trinajstić information content (AvgIpc) is 3.05. The highest BCUT2D eigenvalue weighted by Crippen LogP contribution is 2.31. The van der Waals surface area contributed by atoms with Gasteiger partial charge in [0.05, 0.1) is 45.6 Å². The SMILES string of the molecule is CCOC(=O)c1[nH]c2ccc(OC)cc2c1NC(=O)CC[NH+]1CCOCC1. The Balaban J connectivity index is 1.80. The molecule has 3 N–H and O–H groups in total. The van der Waals surface area contributed by atoms with Crippen LogP contribution in [0.3, 0.4) is 0 Å². The third-order valence-corrected chi connectivity index (χ3v) is 4.66. The van der Waals surface area contributed by atoms with Gasteiger partial charge in [-0.25, -0.2) is 4.79 Å². The number of H-pyrrole nitrogens is 1. The van der Waals surface area contributed by atoms with Gasteiger partial charge in [0.25, 0.3) is 0 Å². The van der Waals surface area contributed by atoms with Gasteiger partial charge in [0.2, 0.25) is 5.91 Å². The van der Waals surface area contributed by atoms with Crippen LogP contribution in [0.15, 0.2) is 18.2 Å². The fourth-order valence-electron chi connectivity index (χ4n) is 3.19. The topological polar surface area (TPSA) is 94.1 Å². The quantitative estimate of drug-likeness (QED) is 0.615. The average molecular weight is 376 g/mol. The standard InChI is InChI=1S/C19H25N3O5/c1-3-27-19(24)18-17(14-12-13(25-2)4-5-15(14)20-18)21-16(23)6-7-22-8-10-26-11-9-22/h4-5,12,20H,3,6-11H2,1-2H3,(H,21,23)/p+1. The number of hydrogen-bond donors (Lipinski definition) is 3. The summed E-state index contributed by atoms with van der Waals surface area (Å²) in [6.45, 7) is 6.00. The number of nitrogens with one attached hydrogen (secondary N) is 3. The van der Waals surface area contributed by atoms with Crippen LogP contribution in [-0.4, -0.2) is 63.4 Å². The maximum absolute atomic E-state index is 12.5. The van der Waals surface area contributed by atoms with E-state index in [-0.39, 0.29) is 18.2 Å². The second-order valence-electron chi connectivity index (χ2n) is 6.42. The van der Waals surface area contributed by atoms with Crippen LogP contribution in [0.2, 0.25) is 0 Å². The number of benzene rings is 1. The van der Waals surface area contributed by atoms with Gasteiger partial charge in [0, 0.05) is 10.9 Å². The maximum atomic E-state index is 12.5. The fraction of sp³-hybridized carbons (Fsp3) is 0.474. The molecular formula is C19H26N3O5+. The Labute approximate surface area is 157 Å². The number of quaternary nitrogens is 1. The number of aromatic amines is 1. The molecule has 0 saturated carbocycles. The summed E-state index contributed by atoms with van der Waals surface area (Å²) in [4.78, 5) is 29.2. The minimum atomic E-state index is -0.498. The number of amides is 1. The second-order valence-corrected chi connectivity index (χ2v) is 6.42. The third-order valence-electron chi connectivity index (χ3n) is 4.66. The van der Waals surface area contributed by atoms with Crippen molar-refractivity contribution in [2.24, 2.45) is 0 Å². The molecule has 0 aliphatic carbocycles. The van der Waals surface area contributed by atoms with Crippen LogP contribution in [-0.2, 0) is 14.3 Å². The van der Waals surface area contributed by atoms with Crippen LogP contribution in [0.5, 0.6) is 5.75 Å². The van der Waals surface area contributed by atoms with Crippen molar-refractivity contribution in [3.63, 3.8) is 0 Å². The van der Waals surface area contributed by atoms with Crippen molar-refractivity contribution in [3.05, 3.63) is 23.9 Å². The first kappa shape index (κ1) is 19.2. The number of hydrogen-bond acceptors (Lipinski definition) is 5. The molecule has 0 bridgehead atoms. The second kappa shape index (κ2) is 8.88. The van der Waals surface area contributed by atoms with Gasteiger partial charge in [0.15, 0.2) is 0 Å². The molecule has 0 atom stereocenters. The lowest BCUT2D eigenvalue weighted by molar-refractivity contribution is -0.907. The van der Waals surface area contributed by atoms with Crippen LogP contribution in [0.25, 0.3) is 10.9 Å². The molecule has 0 unspecified atom stereocenters. The minimum Gasteiger partial charge on any atom is -0.497 e. The molecule has 1 saturated heterocycles. The van der Waals surface area contributed by atoms with E-state index >= 15 is 0 Å².